The predicted molar refractivity (Wildman–Crippen MR) is 61.1 cm³/mol. The van der Waals surface area contributed by atoms with Crippen molar-refractivity contribution in [3.63, 3.8) is 0 Å². The molecule has 1 nitrogen and oxygen atoms in total. The minimum atomic E-state index is 0.231. The molecule has 2 N–H and O–H groups in total. The van der Waals surface area contributed by atoms with Crippen molar-refractivity contribution in [1.29, 1.82) is 0 Å². The number of hydrogen-bond acceptors (Lipinski definition) is 1. The average molecular weight is 195 g/mol. The molecule has 0 bridgehead atoms. The van der Waals surface area contributed by atoms with E-state index in [1.54, 1.807) is 0 Å². The molecule has 2 rings (SSSR count). The lowest BCUT2D eigenvalue weighted by molar-refractivity contribution is 0.135. The van der Waals surface area contributed by atoms with Gasteiger partial charge in [0.25, 0.3) is 0 Å². The van der Waals surface area contributed by atoms with Crippen LogP contribution in [0.1, 0.15) is 58.8 Å². The fourth-order valence-electron chi connectivity index (χ4n) is 3.51. The summed E-state index contributed by atoms with van der Waals surface area (Å²) in [5, 5.41) is 0. The van der Waals surface area contributed by atoms with Gasteiger partial charge < -0.3 is 5.73 Å². The highest BCUT2D eigenvalue weighted by atomic mass is 14.8. The van der Waals surface area contributed by atoms with Crippen molar-refractivity contribution in [2.24, 2.45) is 23.5 Å². The first-order valence-electron chi connectivity index (χ1n) is 6.41. The molecule has 0 aromatic carbocycles. The second-order valence-electron chi connectivity index (χ2n) is 5.90. The van der Waals surface area contributed by atoms with E-state index in [9.17, 15) is 0 Å². The summed E-state index contributed by atoms with van der Waals surface area (Å²) in [7, 11) is 0. The normalized spacial score (nSPS) is 42.6. The van der Waals surface area contributed by atoms with Crippen LogP contribution in [0.25, 0.3) is 0 Å². The van der Waals surface area contributed by atoms with Crippen LogP contribution in [0.5, 0.6) is 0 Å². The van der Waals surface area contributed by atoms with E-state index in [1.165, 1.54) is 44.9 Å². The Morgan fingerprint density at radius 3 is 2.21 bits per heavy atom. The molecule has 2 aliphatic carbocycles. The molecule has 14 heavy (non-hydrogen) atoms. The van der Waals surface area contributed by atoms with Crippen LogP contribution in [-0.2, 0) is 0 Å². The third-order valence-corrected chi connectivity index (χ3v) is 4.95. The minimum Gasteiger partial charge on any atom is -0.325 e. The maximum absolute atomic E-state index is 6.54. The van der Waals surface area contributed by atoms with Crippen molar-refractivity contribution >= 4 is 0 Å². The van der Waals surface area contributed by atoms with Gasteiger partial charge in [0.05, 0.1) is 0 Å². The van der Waals surface area contributed by atoms with Crippen LogP contribution in [-0.4, -0.2) is 5.54 Å². The molecule has 82 valence electrons. The van der Waals surface area contributed by atoms with E-state index in [0.717, 1.165) is 17.8 Å². The fourth-order valence-corrected chi connectivity index (χ4v) is 3.51. The highest BCUT2D eigenvalue weighted by Crippen LogP contribution is 2.44. The topological polar surface area (TPSA) is 26.0 Å². The van der Waals surface area contributed by atoms with Gasteiger partial charge in [-0.3, -0.25) is 0 Å². The Balaban J connectivity index is 1.98. The zero-order chi connectivity index (χ0) is 10.2. The Labute approximate surface area is 88.4 Å². The second-order valence-corrected chi connectivity index (χ2v) is 5.90. The van der Waals surface area contributed by atoms with E-state index >= 15 is 0 Å². The van der Waals surface area contributed by atoms with E-state index < -0.39 is 0 Å². The Morgan fingerprint density at radius 1 is 1.00 bits per heavy atom. The first kappa shape index (κ1) is 10.5. The van der Waals surface area contributed by atoms with Crippen LogP contribution in [0.3, 0.4) is 0 Å². The fraction of sp³-hybridized carbons (Fsp3) is 1.00. The van der Waals surface area contributed by atoms with E-state index in [1.807, 2.05) is 0 Å². The molecular formula is C13H25N. The van der Waals surface area contributed by atoms with Crippen molar-refractivity contribution in [3.8, 4) is 0 Å². The summed E-state index contributed by atoms with van der Waals surface area (Å²) in [4.78, 5) is 0. The van der Waals surface area contributed by atoms with Gasteiger partial charge in [-0.1, -0.05) is 33.1 Å². The average Bonchev–Trinajstić information content (AvgIpc) is 2.58. The van der Waals surface area contributed by atoms with E-state index in [-0.39, 0.29) is 5.54 Å². The quantitative estimate of drug-likeness (QED) is 0.682. The Hall–Kier alpha value is -0.0400. The summed E-state index contributed by atoms with van der Waals surface area (Å²) in [6, 6.07) is 0. The van der Waals surface area contributed by atoms with Crippen LogP contribution in [0.2, 0.25) is 0 Å². The van der Waals surface area contributed by atoms with Gasteiger partial charge in [0, 0.05) is 5.54 Å². The van der Waals surface area contributed by atoms with Crippen molar-refractivity contribution in [3.05, 3.63) is 0 Å². The smallest absolute Gasteiger partial charge is 0.0182 e. The van der Waals surface area contributed by atoms with Gasteiger partial charge in [0.2, 0.25) is 0 Å². The molecule has 0 aliphatic heterocycles. The van der Waals surface area contributed by atoms with Crippen molar-refractivity contribution < 1.29 is 0 Å². The monoisotopic (exact) mass is 195 g/mol. The maximum Gasteiger partial charge on any atom is 0.0182 e. The molecule has 2 saturated carbocycles. The van der Waals surface area contributed by atoms with Gasteiger partial charge in [-0.25, -0.2) is 0 Å². The number of rotatable bonds is 1. The minimum absolute atomic E-state index is 0.231. The summed E-state index contributed by atoms with van der Waals surface area (Å²) in [6.45, 7) is 4.81. The summed E-state index contributed by atoms with van der Waals surface area (Å²) in [5.74, 6) is 2.65. The molecule has 0 aromatic heterocycles. The van der Waals surface area contributed by atoms with E-state index in [4.69, 9.17) is 5.73 Å². The van der Waals surface area contributed by atoms with Gasteiger partial charge in [0.1, 0.15) is 0 Å². The van der Waals surface area contributed by atoms with Gasteiger partial charge in [-0.05, 0) is 43.4 Å². The zero-order valence-electron chi connectivity index (χ0n) is 9.76. The zero-order valence-corrected chi connectivity index (χ0v) is 9.76. The molecular weight excluding hydrogens is 170 g/mol. The predicted octanol–water partition coefficient (Wildman–Crippen LogP) is 3.33. The largest absolute Gasteiger partial charge is 0.325 e. The molecule has 2 fully saturated rings. The van der Waals surface area contributed by atoms with Gasteiger partial charge in [0.15, 0.2) is 0 Å². The highest BCUT2D eigenvalue weighted by Gasteiger charge is 2.40. The molecule has 0 heterocycles. The highest BCUT2D eigenvalue weighted by molar-refractivity contribution is 4.97. The lowest BCUT2D eigenvalue weighted by atomic mass is 9.68. The van der Waals surface area contributed by atoms with E-state index in [2.05, 4.69) is 13.8 Å². The van der Waals surface area contributed by atoms with Crippen LogP contribution < -0.4 is 5.73 Å². The Morgan fingerprint density at radius 2 is 1.64 bits per heavy atom. The molecule has 0 saturated heterocycles. The first-order valence-corrected chi connectivity index (χ1v) is 6.41. The number of hydrogen-bond donors (Lipinski definition) is 1. The van der Waals surface area contributed by atoms with Crippen molar-refractivity contribution in [2.75, 3.05) is 0 Å². The summed E-state index contributed by atoms with van der Waals surface area (Å²) >= 11 is 0. The Kier molecular flexibility index (Phi) is 2.88. The molecule has 0 amide bonds. The maximum atomic E-state index is 6.54. The molecule has 3 atom stereocenters. The molecule has 1 heteroatoms. The van der Waals surface area contributed by atoms with E-state index in [0.29, 0.717) is 0 Å². The molecule has 2 aliphatic rings. The summed E-state index contributed by atoms with van der Waals surface area (Å²) in [5.41, 5.74) is 6.77. The third kappa shape index (κ3) is 1.84. The summed E-state index contributed by atoms with van der Waals surface area (Å²) in [6.07, 6.45) is 9.51. The van der Waals surface area contributed by atoms with Crippen LogP contribution in [0.15, 0.2) is 0 Å². The summed E-state index contributed by atoms with van der Waals surface area (Å²) < 4.78 is 0. The first-order chi connectivity index (χ1) is 6.62. The third-order valence-electron chi connectivity index (χ3n) is 4.95. The van der Waals surface area contributed by atoms with Crippen LogP contribution in [0.4, 0.5) is 0 Å². The SMILES string of the molecule is CC1CCC(C2(N)CCCC2)CC1C. The van der Waals surface area contributed by atoms with Gasteiger partial charge in [-0.15, -0.1) is 0 Å². The Bertz CT molecular complexity index is 193. The lowest BCUT2D eigenvalue weighted by Gasteiger charge is -2.41. The molecule has 3 unspecified atom stereocenters. The van der Waals surface area contributed by atoms with Crippen LogP contribution in [0, 0.1) is 17.8 Å². The molecule has 0 aromatic rings. The van der Waals surface area contributed by atoms with Crippen molar-refractivity contribution in [1.82, 2.24) is 0 Å². The standard InChI is InChI=1S/C13H25N/c1-10-5-6-12(9-11(10)2)13(14)7-3-4-8-13/h10-12H,3-9,14H2,1-2H3. The molecule has 0 spiro atoms. The number of nitrogens with two attached hydrogens (primary N) is 1. The van der Waals surface area contributed by atoms with Crippen LogP contribution >= 0.6 is 0 Å². The molecule has 0 radical (unpaired) electrons. The second kappa shape index (κ2) is 3.84. The van der Waals surface area contributed by atoms with Crippen molar-refractivity contribution in [2.45, 2.75) is 64.3 Å². The van der Waals surface area contributed by atoms with Gasteiger partial charge >= 0.3 is 0 Å². The lowest BCUT2D eigenvalue weighted by Crippen LogP contribution is -2.47. The van der Waals surface area contributed by atoms with Gasteiger partial charge in [-0.2, -0.15) is 0 Å².